The summed E-state index contributed by atoms with van der Waals surface area (Å²) in [6.45, 7) is 6.19. The highest BCUT2D eigenvalue weighted by atomic mass is 35.5. The number of aryl methyl sites for hydroxylation is 1. The molecule has 0 N–H and O–H groups in total. The third-order valence-electron chi connectivity index (χ3n) is 7.27. The third-order valence-corrected chi connectivity index (χ3v) is 7.51. The van der Waals surface area contributed by atoms with Crippen molar-refractivity contribution in [3.05, 3.63) is 82.6 Å². The predicted octanol–water partition coefficient (Wildman–Crippen LogP) is 5.62. The molecule has 0 spiro atoms. The van der Waals surface area contributed by atoms with E-state index >= 15 is 0 Å². The van der Waals surface area contributed by atoms with Crippen molar-refractivity contribution >= 4 is 23.4 Å². The molecule has 0 bridgehead atoms. The molecular formula is C31H39ClN4O3. The van der Waals surface area contributed by atoms with Crippen LogP contribution in [0.15, 0.2) is 60.7 Å². The molecule has 3 aromatic rings. The summed E-state index contributed by atoms with van der Waals surface area (Å²) in [6, 6.07) is 19.1. The zero-order chi connectivity index (χ0) is 28.0. The Morgan fingerprint density at radius 3 is 2.62 bits per heavy atom. The molecule has 2 amide bonds. The van der Waals surface area contributed by atoms with Gasteiger partial charge in [0.15, 0.2) is 0 Å². The first kappa shape index (κ1) is 28.7. The second-order valence-electron chi connectivity index (χ2n) is 11.2. The van der Waals surface area contributed by atoms with Gasteiger partial charge in [0.1, 0.15) is 11.4 Å². The van der Waals surface area contributed by atoms with E-state index in [4.69, 9.17) is 16.3 Å². The van der Waals surface area contributed by atoms with Gasteiger partial charge in [-0.1, -0.05) is 61.8 Å². The number of hydrogen-bond donors (Lipinski definition) is 0. The fourth-order valence-corrected chi connectivity index (χ4v) is 5.48. The van der Waals surface area contributed by atoms with Gasteiger partial charge in [0.2, 0.25) is 5.91 Å². The van der Waals surface area contributed by atoms with Crippen LogP contribution in [-0.4, -0.2) is 58.1 Å². The SMILES string of the molecule is CC(C)Cc1cc(C(=O)N2CCC[C@](COc3cccc(Cl)c3)(CC(=O)N(C)Cc3ccccc3)C2)n(C)n1. The minimum absolute atomic E-state index is 0.0302. The molecule has 1 aromatic heterocycles. The number of carbonyl (C=O) groups is 2. The molecule has 39 heavy (non-hydrogen) atoms. The van der Waals surface area contributed by atoms with Crippen molar-refractivity contribution in [2.24, 2.45) is 18.4 Å². The van der Waals surface area contributed by atoms with Crippen molar-refractivity contribution in [2.75, 3.05) is 26.7 Å². The molecule has 208 valence electrons. The lowest BCUT2D eigenvalue weighted by atomic mass is 9.77. The lowest BCUT2D eigenvalue weighted by Gasteiger charge is -2.42. The second-order valence-corrected chi connectivity index (χ2v) is 11.7. The minimum Gasteiger partial charge on any atom is -0.493 e. The average Bonchev–Trinajstić information content (AvgIpc) is 3.26. The summed E-state index contributed by atoms with van der Waals surface area (Å²) in [5.41, 5.74) is 2.04. The molecule has 8 heteroatoms. The Bertz CT molecular complexity index is 1280. The van der Waals surface area contributed by atoms with Crippen LogP contribution in [-0.2, 0) is 24.8 Å². The number of aromatic nitrogens is 2. The number of carbonyl (C=O) groups excluding carboxylic acids is 2. The van der Waals surface area contributed by atoms with Gasteiger partial charge in [0.05, 0.1) is 12.3 Å². The highest BCUT2D eigenvalue weighted by Gasteiger charge is 2.41. The van der Waals surface area contributed by atoms with Crippen LogP contribution in [0.25, 0.3) is 0 Å². The van der Waals surface area contributed by atoms with Crippen molar-refractivity contribution < 1.29 is 14.3 Å². The van der Waals surface area contributed by atoms with E-state index in [1.807, 2.05) is 67.5 Å². The Kier molecular flexibility index (Phi) is 9.33. The van der Waals surface area contributed by atoms with Crippen LogP contribution < -0.4 is 4.74 Å². The van der Waals surface area contributed by atoms with Gasteiger partial charge in [-0.3, -0.25) is 14.3 Å². The zero-order valence-electron chi connectivity index (χ0n) is 23.4. The molecular weight excluding hydrogens is 512 g/mol. The number of likely N-dealkylation sites (tertiary alicyclic amines) is 1. The largest absolute Gasteiger partial charge is 0.493 e. The van der Waals surface area contributed by atoms with Gasteiger partial charge in [-0.15, -0.1) is 0 Å². The van der Waals surface area contributed by atoms with E-state index in [0.29, 0.717) is 48.6 Å². The summed E-state index contributed by atoms with van der Waals surface area (Å²) in [4.78, 5) is 30.9. The van der Waals surface area contributed by atoms with Gasteiger partial charge in [0.25, 0.3) is 5.91 Å². The van der Waals surface area contributed by atoms with Gasteiger partial charge < -0.3 is 14.5 Å². The van der Waals surface area contributed by atoms with E-state index in [1.165, 1.54) is 0 Å². The monoisotopic (exact) mass is 550 g/mol. The number of hydrogen-bond acceptors (Lipinski definition) is 4. The summed E-state index contributed by atoms with van der Waals surface area (Å²) >= 11 is 6.18. The zero-order valence-corrected chi connectivity index (χ0v) is 24.2. The maximum absolute atomic E-state index is 13.7. The van der Waals surface area contributed by atoms with E-state index < -0.39 is 5.41 Å². The molecule has 1 fully saturated rings. The first-order valence-electron chi connectivity index (χ1n) is 13.6. The lowest BCUT2D eigenvalue weighted by Crippen LogP contribution is -2.51. The van der Waals surface area contributed by atoms with Crippen molar-refractivity contribution in [3.8, 4) is 5.75 Å². The normalized spacial score (nSPS) is 17.3. The first-order chi connectivity index (χ1) is 18.6. The molecule has 0 saturated carbocycles. The van der Waals surface area contributed by atoms with Crippen LogP contribution in [0.3, 0.4) is 0 Å². The van der Waals surface area contributed by atoms with Crippen LogP contribution in [0.2, 0.25) is 5.02 Å². The number of piperidine rings is 1. The highest BCUT2D eigenvalue weighted by Crippen LogP contribution is 2.36. The minimum atomic E-state index is -0.530. The van der Waals surface area contributed by atoms with Crippen LogP contribution in [0.5, 0.6) is 5.75 Å². The fourth-order valence-electron chi connectivity index (χ4n) is 5.30. The van der Waals surface area contributed by atoms with Crippen molar-refractivity contribution in [1.29, 1.82) is 0 Å². The highest BCUT2D eigenvalue weighted by molar-refractivity contribution is 6.30. The van der Waals surface area contributed by atoms with Crippen LogP contribution in [0, 0.1) is 11.3 Å². The van der Waals surface area contributed by atoms with E-state index in [0.717, 1.165) is 30.5 Å². The van der Waals surface area contributed by atoms with Gasteiger partial charge in [-0.25, -0.2) is 0 Å². The Labute approximate surface area is 236 Å². The van der Waals surface area contributed by atoms with Gasteiger partial charge in [0, 0.05) is 50.6 Å². The summed E-state index contributed by atoms with van der Waals surface area (Å²) in [5.74, 6) is 1.08. The summed E-state index contributed by atoms with van der Waals surface area (Å²) in [6.07, 6.45) is 2.68. The van der Waals surface area contributed by atoms with Crippen LogP contribution >= 0.6 is 11.6 Å². The van der Waals surface area contributed by atoms with Crippen LogP contribution in [0.1, 0.15) is 54.9 Å². The summed E-state index contributed by atoms with van der Waals surface area (Å²) < 4.78 is 7.90. The Hall–Kier alpha value is -3.32. The number of nitrogens with zero attached hydrogens (tertiary/aromatic N) is 4. The molecule has 2 aromatic carbocycles. The molecule has 0 aliphatic carbocycles. The van der Waals surface area contributed by atoms with E-state index in [1.54, 1.807) is 21.7 Å². The lowest BCUT2D eigenvalue weighted by molar-refractivity contribution is -0.134. The second kappa shape index (κ2) is 12.7. The maximum atomic E-state index is 13.7. The first-order valence-corrected chi connectivity index (χ1v) is 14.0. The van der Waals surface area contributed by atoms with Crippen molar-refractivity contribution in [1.82, 2.24) is 19.6 Å². The Morgan fingerprint density at radius 1 is 1.13 bits per heavy atom. The van der Waals surface area contributed by atoms with Crippen molar-refractivity contribution in [3.63, 3.8) is 0 Å². The molecule has 1 saturated heterocycles. The van der Waals surface area contributed by atoms with Crippen molar-refractivity contribution in [2.45, 2.75) is 46.1 Å². The maximum Gasteiger partial charge on any atom is 0.272 e. The number of benzene rings is 2. The Balaban J connectivity index is 1.54. The molecule has 0 unspecified atom stereocenters. The van der Waals surface area contributed by atoms with Gasteiger partial charge in [-0.2, -0.15) is 5.10 Å². The fraction of sp³-hybridized carbons (Fsp3) is 0.452. The number of ether oxygens (including phenoxy) is 1. The quantitative estimate of drug-likeness (QED) is 0.328. The molecule has 1 atom stereocenters. The molecule has 0 radical (unpaired) electrons. The molecule has 2 heterocycles. The van der Waals surface area contributed by atoms with Crippen LogP contribution in [0.4, 0.5) is 0 Å². The van der Waals surface area contributed by atoms with E-state index in [2.05, 4.69) is 18.9 Å². The van der Waals surface area contributed by atoms with E-state index in [-0.39, 0.29) is 18.2 Å². The average molecular weight is 551 g/mol. The molecule has 1 aliphatic rings. The Morgan fingerprint density at radius 2 is 1.90 bits per heavy atom. The van der Waals surface area contributed by atoms with Gasteiger partial charge >= 0.3 is 0 Å². The number of amides is 2. The van der Waals surface area contributed by atoms with E-state index in [9.17, 15) is 9.59 Å². The summed E-state index contributed by atoms with van der Waals surface area (Å²) in [7, 11) is 3.65. The smallest absolute Gasteiger partial charge is 0.272 e. The standard InChI is InChI=1S/C31H39ClN4O3/c1-23(2)16-26-18-28(35(4)33-26)30(38)36-15-9-14-31(21-36,22-39-27-13-8-12-25(32)17-27)19-29(37)34(3)20-24-10-6-5-7-11-24/h5-8,10-13,17-18,23H,9,14-16,19-22H2,1-4H3/t31-/m0/s1. The topological polar surface area (TPSA) is 67.7 Å². The molecule has 4 rings (SSSR count). The molecule has 1 aliphatic heterocycles. The molecule has 7 nitrogen and oxygen atoms in total. The number of halogens is 1. The van der Waals surface area contributed by atoms with Gasteiger partial charge in [-0.05, 0) is 55.0 Å². The summed E-state index contributed by atoms with van der Waals surface area (Å²) in [5, 5.41) is 5.16. The predicted molar refractivity (Wildman–Crippen MR) is 154 cm³/mol. The third kappa shape index (κ3) is 7.63. The number of rotatable bonds is 10.